The van der Waals surface area contributed by atoms with Gasteiger partial charge in [-0.3, -0.25) is 19.5 Å². The van der Waals surface area contributed by atoms with Crippen molar-refractivity contribution in [1.82, 2.24) is 19.7 Å². The summed E-state index contributed by atoms with van der Waals surface area (Å²) in [5, 5.41) is 29.5. The number of aromatic nitrogens is 3. The number of rotatable bonds is 16. The average Bonchev–Trinajstić information content (AvgIpc) is 3.08. The molecule has 0 saturated heterocycles. The van der Waals surface area contributed by atoms with E-state index >= 15 is 0 Å². The molecule has 260 valence electrons. The monoisotopic (exact) mass is 709 g/mol. The minimum atomic E-state index is -0.783. The van der Waals surface area contributed by atoms with Crippen molar-refractivity contribution in [3.05, 3.63) is 93.0 Å². The molecule has 0 saturated carbocycles. The topological polar surface area (TPSA) is 153 Å². The lowest BCUT2D eigenvalue weighted by Crippen LogP contribution is -2.36. The molecule has 3 amide bonds. The van der Waals surface area contributed by atoms with Gasteiger partial charge in [0.2, 0.25) is 0 Å². The number of benzene rings is 2. The first-order chi connectivity index (χ1) is 23.6. The van der Waals surface area contributed by atoms with Crippen molar-refractivity contribution in [2.45, 2.75) is 45.6 Å². The Balaban J connectivity index is 1.62. The summed E-state index contributed by atoms with van der Waals surface area (Å²) in [6, 6.07) is 14.7. The zero-order valence-electron chi connectivity index (χ0n) is 27.5. The highest BCUT2D eigenvalue weighted by atomic mass is 35.5. The van der Waals surface area contributed by atoms with Crippen molar-refractivity contribution >= 4 is 52.3 Å². The second-order valence-electron chi connectivity index (χ2n) is 11.5. The van der Waals surface area contributed by atoms with Gasteiger partial charge in [0.05, 0.1) is 22.3 Å². The van der Waals surface area contributed by atoms with Gasteiger partial charge in [0.25, 0.3) is 11.5 Å². The third-order valence-electron chi connectivity index (χ3n) is 7.80. The molecule has 0 aliphatic rings. The quantitative estimate of drug-likeness (QED) is 0.0962. The number of amides is 3. The van der Waals surface area contributed by atoms with Crippen molar-refractivity contribution in [1.29, 1.82) is 0 Å². The Kier molecular flexibility index (Phi) is 14.0. The largest absolute Gasteiger partial charge is 0.508 e. The standard InChI is InChI=1S/C35H41Cl2N7O5/c1-3-44-34(48)30(39-35(49)40-32-28(36)22-38-23-29(32)37)21-31(41-44)43(15-11-6-4-5-10-14-42(2)16-17-45)33(47)26-18-25(19-27(46)20-26)24-12-8-7-9-13-24/h7-9,12-13,18-23,45-46H,3-6,10-11,14-17H2,1-2H3,(H2,38,39,40,49). The zero-order chi connectivity index (χ0) is 35.3. The van der Waals surface area contributed by atoms with Gasteiger partial charge in [-0.2, -0.15) is 5.10 Å². The van der Waals surface area contributed by atoms with E-state index in [0.29, 0.717) is 18.5 Å². The number of pyridine rings is 1. The Hall–Kier alpha value is -4.49. The lowest BCUT2D eigenvalue weighted by Gasteiger charge is -2.24. The van der Waals surface area contributed by atoms with Crippen LogP contribution >= 0.6 is 23.2 Å². The van der Waals surface area contributed by atoms with Crippen LogP contribution in [0.15, 0.2) is 71.8 Å². The van der Waals surface area contributed by atoms with E-state index in [-0.39, 0.29) is 58.2 Å². The number of unbranched alkanes of at least 4 members (excludes halogenated alkanes) is 4. The van der Waals surface area contributed by atoms with E-state index in [1.165, 1.54) is 34.1 Å². The van der Waals surface area contributed by atoms with Crippen molar-refractivity contribution in [2.24, 2.45) is 0 Å². The fourth-order valence-electron chi connectivity index (χ4n) is 5.23. The van der Waals surface area contributed by atoms with Gasteiger partial charge in [0.1, 0.15) is 11.4 Å². The second kappa shape index (κ2) is 18.3. The van der Waals surface area contributed by atoms with Gasteiger partial charge in [-0.1, -0.05) is 72.8 Å². The van der Waals surface area contributed by atoms with Crippen LogP contribution in [0, 0.1) is 0 Å². The Bertz CT molecular complexity index is 1770. The smallest absolute Gasteiger partial charge is 0.323 e. The molecule has 14 heteroatoms. The molecule has 0 bridgehead atoms. The van der Waals surface area contributed by atoms with Gasteiger partial charge in [0.15, 0.2) is 5.82 Å². The molecule has 0 fully saturated rings. The third kappa shape index (κ3) is 10.5. The van der Waals surface area contributed by atoms with E-state index in [1.54, 1.807) is 19.1 Å². The first-order valence-corrected chi connectivity index (χ1v) is 16.9. The molecule has 0 aliphatic heterocycles. The highest BCUT2D eigenvalue weighted by Crippen LogP contribution is 2.30. The molecule has 4 rings (SSSR count). The van der Waals surface area contributed by atoms with E-state index in [4.69, 9.17) is 28.3 Å². The maximum atomic E-state index is 14.2. The molecule has 49 heavy (non-hydrogen) atoms. The van der Waals surface area contributed by atoms with Gasteiger partial charge < -0.3 is 25.7 Å². The zero-order valence-corrected chi connectivity index (χ0v) is 29.0. The SMILES string of the molecule is CCn1nc(N(CCCCCCCN(C)CCO)C(=O)c2cc(O)cc(-c3ccccc3)c2)cc(NC(=O)Nc2c(Cl)cncc2Cl)c1=O. The molecule has 2 aromatic carbocycles. The second-order valence-corrected chi connectivity index (χ2v) is 12.3. The van der Waals surface area contributed by atoms with Crippen LogP contribution in [0.1, 0.15) is 49.4 Å². The number of aliphatic hydroxyl groups is 1. The Labute approximate surface area is 295 Å². The van der Waals surface area contributed by atoms with Crippen molar-refractivity contribution < 1.29 is 19.8 Å². The number of phenolic OH excluding ortho intramolecular Hbond substituents is 1. The summed E-state index contributed by atoms with van der Waals surface area (Å²) >= 11 is 12.3. The fraction of sp³-hybridized carbons (Fsp3) is 0.343. The number of carbonyl (C=O) groups is 2. The molecule has 2 aromatic heterocycles. The Morgan fingerprint density at radius 1 is 0.878 bits per heavy atom. The van der Waals surface area contributed by atoms with Gasteiger partial charge in [-0.25, -0.2) is 9.48 Å². The summed E-state index contributed by atoms with van der Waals surface area (Å²) in [5.74, 6) is -0.356. The summed E-state index contributed by atoms with van der Waals surface area (Å²) in [4.78, 5) is 47.9. The van der Waals surface area contributed by atoms with Crippen LogP contribution in [0.5, 0.6) is 5.75 Å². The number of anilines is 3. The molecule has 4 aromatic rings. The fourth-order valence-corrected chi connectivity index (χ4v) is 5.69. The number of halogens is 2. The van der Waals surface area contributed by atoms with E-state index < -0.39 is 17.5 Å². The van der Waals surface area contributed by atoms with Gasteiger partial charge >= 0.3 is 6.03 Å². The number of likely N-dealkylation sites (N-methyl/N-ethyl adjacent to an activating group) is 1. The first-order valence-electron chi connectivity index (χ1n) is 16.1. The minimum Gasteiger partial charge on any atom is -0.508 e. The first kappa shape index (κ1) is 37.3. The number of phenols is 1. The van der Waals surface area contributed by atoms with E-state index in [9.17, 15) is 19.5 Å². The molecule has 12 nitrogen and oxygen atoms in total. The van der Waals surface area contributed by atoms with E-state index in [1.807, 2.05) is 37.4 Å². The van der Waals surface area contributed by atoms with Crippen molar-refractivity contribution in [3.8, 4) is 16.9 Å². The van der Waals surface area contributed by atoms with Crippen molar-refractivity contribution in [2.75, 3.05) is 48.8 Å². The highest BCUT2D eigenvalue weighted by Gasteiger charge is 2.23. The molecule has 0 radical (unpaired) electrons. The summed E-state index contributed by atoms with van der Waals surface area (Å²) in [7, 11) is 1.98. The number of carbonyl (C=O) groups excluding carboxylic acids is 2. The summed E-state index contributed by atoms with van der Waals surface area (Å²) in [5.41, 5.74) is 1.15. The van der Waals surface area contributed by atoms with Crippen LogP contribution < -0.4 is 21.1 Å². The molecule has 0 aliphatic carbocycles. The normalized spacial score (nSPS) is 11.1. The predicted octanol–water partition coefficient (Wildman–Crippen LogP) is 6.50. The van der Waals surface area contributed by atoms with Crippen LogP contribution in [0.4, 0.5) is 22.0 Å². The minimum absolute atomic E-state index is 0.0743. The lowest BCUT2D eigenvalue weighted by atomic mass is 10.0. The maximum Gasteiger partial charge on any atom is 0.323 e. The molecular weight excluding hydrogens is 669 g/mol. The predicted molar refractivity (Wildman–Crippen MR) is 194 cm³/mol. The number of aliphatic hydroxyl groups excluding tert-OH is 1. The number of hydrogen-bond acceptors (Lipinski definition) is 8. The highest BCUT2D eigenvalue weighted by molar-refractivity contribution is 6.39. The van der Waals surface area contributed by atoms with Crippen LogP contribution in [0.2, 0.25) is 10.0 Å². The van der Waals surface area contributed by atoms with Gasteiger partial charge in [-0.05, 0) is 62.7 Å². The van der Waals surface area contributed by atoms with E-state index in [0.717, 1.165) is 37.8 Å². The summed E-state index contributed by atoms with van der Waals surface area (Å²) < 4.78 is 1.17. The molecule has 4 N–H and O–H groups in total. The molecular formula is C35H41Cl2N7O5. The number of urea groups is 1. The number of hydrogen-bond donors (Lipinski definition) is 4. The molecule has 0 spiro atoms. The van der Waals surface area contributed by atoms with Crippen LogP contribution in [-0.4, -0.2) is 75.1 Å². The molecule has 0 atom stereocenters. The van der Waals surface area contributed by atoms with Gasteiger partial charge in [0, 0.05) is 43.7 Å². The Morgan fingerprint density at radius 2 is 1.55 bits per heavy atom. The number of aryl methyl sites for hydroxylation is 1. The number of aromatic hydroxyl groups is 1. The van der Waals surface area contributed by atoms with E-state index in [2.05, 4.69) is 25.6 Å². The Morgan fingerprint density at radius 3 is 2.22 bits per heavy atom. The molecule has 2 heterocycles. The molecule has 0 unspecified atom stereocenters. The maximum absolute atomic E-state index is 14.2. The summed E-state index contributed by atoms with van der Waals surface area (Å²) in [6.07, 6.45) is 7.03. The van der Waals surface area contributed by atoms with Gasteiger partial charge in [-0.15, -0.1) is 0 Å². The lowest BCUT2D eigenvalue weighted by molar-refractivity contribution is 0.0984. The number of nitrogens with zero attached hydrogens (tertiary/aromatic N) is 5. The summed E-state index contributed by atoms with van der Waals surface area (Å²) in [6.45, 7) is 3.81. The average molecular weight is 711 g/mol. The van der Waals surface area contributed by atoms with Crippen LogP contribution in [-0.2, 0) is 6.54 Å². The van der Waals surface area contributed by atoms with Crippen LogP contribution in [0.3, 0.4) is 0 Å². The number of nitrogens with one attached hydrogen (secondary N) is 2. The van der Waals surface area contributed by atoms with Crippen LogP contribution in [0.25, 0.3) is 11.1 Å². The third-order valence-corrected chi connectivity index (χ3v) is 8.37. The van der Waals surface area contributed by atoms with Crippen molar-refractivity contribution in [3.63, 3.8) is 0 Å².